The zero-order chi connectivity index (χ0) is 20.1. The van der Waals surface area contributed by atoms with Crippen molar-refractivity contribution in [1.82, 2.24) is 15.2 Å². The Balaban J connectivity index is 1.69. The molecular weight excluding hydrogens is 374 g/mol. The van der Waals surface area contributed by atoms with E-state index in [9.17, 15) is 9.59 Å². The molecule has 1 atom stereocenters. The summed E-state index contributed by atoms with van der Waals surface area (Å²) in [5.74, 6) is 0.518. The molecule has 2 amide bonds. The number of nitrogens with one attached hydrogen (secondary N) is 1. The summed E-state index contributed by atoms with van der Waals surface area (Å²) in [6, 6.07) is 7.12. The number of likely N-dealkylation sites (tertiary alicyclic amines) is 1. The molecule has 0 saturated carbocycles. The number of carbonyl (C=O) groups is 2. The molecule has 2 heterocycles. The van der Waals surface area contributed by atoms with Crippen molar-refractivity contribution in [2.24, 2.45) is 5.92 Å². The Morgan fingerprint density at radius 3 is 2.50 bits per heavy atom. The summed E-state index contributed by atoms with van der Waals surface area (Å²) in [5, 5.41) is 5.39. The predicted molar refractivity (Wildman–Crippen MR) is 111 cm³/mol. The summed E-state index contributed by atoms with van der Waals surface area (Å²) < 4.78 is 5.45. The van der Waals surface area contributed by atoms with E-state index in [1.54, 1.807) is 5.38 Å². The number of nitrogens with zero attached hydrogens (tertiary/aromatic N) is 2. The van der Waals surface area contributed by atoms with Crippen LogP contribution >= 0.6 is 11.3 Å². The number of amides is 2. The molecule has 1 aromatic carbocycles. The zero-order valence-corrected chi connectivity index (χ0v) is 17.4. The van der Waals surface area contributed by atoms with Crippen LogP contribution in [-0.2, 0) is 4.79 Å². The smallest absolute Gasteiger partial charge is 0.271 e. The minimum Gasteiger partial charge on any atom is -0.494 e. The van der Waals surface area contributed by atoms with Crippen LogP contribution in [0.3, 0.4) is 0 Å². The van der Waals surface area contributed by atoms with E-state index >= 15 is 0 Å². The summed E-state index contributed by atoms with van der Waals surface area (Å²) in [4.78, 5) is 31.8. The number of benzene rings is 1. The maximum Gasteiger partial charge on any atom is 0.271 e. The third-order valence-corrected chi connectivity index (χ3v) is 5.68. The Hall–Kier alpha value is -2.41. The van der Waals surface area contributed by atoms with E-state index in [0.29, 0.717) is 12.3 Å². The van der Waals surface area contributed by atoms with Gasteiger partial charge in [0.05, 0.1) is 6.61 Å². The lowest BCUT2D eigenvalue weighted by Gasteiger charge is -2.26. The van der Waals surface area contributed by atoms with Gasteiger partial charge in [-0.15, -0.1) is 11.3 Å². The van der Waals surface area contributed by atoms with Crippen molar-refractivity contribution >= 4 is 23.2 Å². The molecule has 150 valence electrons. The number of thiazole rings is 1. The van der Waals surface area contributed by atoms with Gasteiger partial charge in [0.2, 0.25) is 5.91 Å². The fourth-order valence-corrected chi connectivity index (χ4v) is 4.04. The fourth-order valence-electron chi connectivity index (χ4n) is 3.23. The van der Waals surface area contributed by atoms with Crippen LogP contribution in [0.15, 0.2) is 29.6 Å². The Morgan fingerprint density at radius 1 is 1.21 bits per heavy atom. The van der Waals surface area contributed by atoms with Crippen molar-refractivity contribution in [2.75, 3.05) is 19.7 Å². The summed E-state index contributed by atoms with van der Waals surface area (Å²) in [6.07, 6.45) is 2.06. The van der Waals surface area contributed by atoms with Crippen LogP contribution in [-0.4, -0.2) is 47.4 Å². The third-order valence-electron chi connectivity index (χ3n) is 4.79. The van der Waals surface area contributed by atoms with E-state index in [1.165, 1.54) is 11.3 Å². The molecule has 1 saturated heterocycles. The normalized spacial score (nSPS) is 14.9. The van der Waals surface area contributed by atoms with Gasteiger partial charge in [-0.3, -0.25) is 9.59 Å². The van der Waals surface area contributed by atoms with Crippen LogP contribution < -0.4 is 10.1 Å². The monoisotopic (exact) mass is 401 g/mol. The first-order chi connectivity index (χ1) is 13.5. The van der Waals surface area contributed by atoms with Gasteiger partial charge in [0.15, 0.2) is 0 Å². The lowest BCUT2D eigenvalue weighted by atomic mass is 10.0. The first-order valence-corrected chi connectivity index (χ1v) is 10.7. The van der Waals surface area contributed by atoms with Crippen LogP contribution in [0, 0.1) is 5.92 Å². The van der Waals surface area contributed by atoms with Gasteiger partial charge in [0.25, 0.3) is 5.91 Å². The second kappa shape index (κ2) is 9.19. The summed E-state index contributed by atoms with van der Waals surface area (Å²) >= 11 is 1.41. The molecule has 0 radical (unpaired) electrons. The zero-order valence-electron chi connectivity index (χ0n) is 16.6. The number of ether oxygens (including phenoxy) is 1. The van der Waals surface area contributed by atoms with Crippen molar-refractivity contribution in [2.45, 2.75) is 39.7 Å². The Labute approximate surface area is 169 Å². The van der Waals surface area contributed by atoms with Gasteiger partial charge in [0.1, 0.15) is 22.5 Å². The largest absolute Gasteiger partial charge is 0.494 e. The summed E-state index contributed by atoms with van der Waals surface area (Å²) in [7, 11) is 0. The van der Waals surface area contributed by atoms with Crippen LogP contribution in [0.2, 0.25) is 0 Å². The van der Waals surface area contributed by atoms with Crippen LogP contribution in [0.1, 0.15) is 44.1 Å². The molecule has 0 unspecified atom stereocenters. The average molecular weight is 402 g/mol. The van der Waals surface area contributed by atoms with E-state index in [4.69, 9.17) is 4.74 Å². The molecule has 7 heteroatoms. The van der Waals surface area contributed by atoms with Crippen LogP contribution in [0.25, 0.3) is 10.6 Å². The molecule has 0 spiro atoms. The van der Waals surface area contributed by atoms with E-state index in [-0.39, 0.29) is 17.7 Å². The minimum atomic E-state index is -0.527. The second-order valence-corrected chi connectivity index (χ2v) is 8.08. The average Bonchev–Trinajstić information content (AvgIpc) is 3.38. The van der Waals surface area contributed by atoms with Gasteiger partial charge in [-0.1, -0.05) is 13.8 Å². The number of carbonyl (C=O) groups excluding carboxylic acids is 2. The van der Waals surface area contributed by atoms with E-state index in [2.05, 4.69) is 10.3 Å². The van der Waals surface area contributed by atoms with Gasteiger partial charge >= 0.3 is 0 Å². The summed E-state index contributed by atoms with van der Waals surface area (Å²) in [6.45, 7) is 8.01. The number of hydrogen-bond donors (Lipinski definition) is 1. The highest BCUT2D eigenvalue weighted by Gasteiger charge is 2.30. The van der Waals surface area contributed by atoms with E-state index in [0.717, 1.165) is 42.3 Å². The van der Waals surface area contributed by atoms with Crippen molar-refractivity contribution < 1.29 is 14.3 Å². The maximum atomic E-state index is 12.7. The Bertz CT molecular complexity index is 811. The number of rotatable bonds is 7. The molecule has 1 fully saturated rings. The van der Waals surface area contributed by atoms with Gasteiger partial charge in [-0.2, -0.15) is 0 Å². The molecule has 2 aromatic rings. The molecule has 28 heavy (non-hydrogen) atoms. The highest BCUT2D eigenvalue weighted by atomic mass is 32.1. The van der Waals surface area contributed by atoms with Crippen molar-refractivity contribution in [3.63, 3.8) is 0 Å². The molecular formula is C21H27N3O3S. The second-order valence-electron chi connectivity index (χ2n) is 7.22. The highest BCUT2D eigenvalue weighted by molar-refractivity contribution is 7.13. The lowest BCUT2D eigenvalue weighted by Crippen LogP contribution is -2.50. The van der Waals surface area contributed by atoms with Crippen molar-refractivity contribution in [3.05, 3.63) is 35.3 Å². The number of aromatic nitrogens is 1. The molecule has 1 aromatic heterocycles. The topological polar surface area (TPSA) is 71.5 Å². The minimum absolute atomic E-state index is 0.00261. The molecule has 1 N–H and O–H groups in total. The van der Waals surface area contributed by atoms with Crippen LogP contribution in [0.5, 0.6) is 5.75 Å². The highest BCUT2D eigenvalue weighted by Crippen LogP contribution is 2.26. The van der Waals surface area contributed by atoms with Gasteiger partial charge < -0.3 is 15.0 Å². The van der Waals surface area contributed by atoms with Gasteiger partial charge in [-0.25, -0.2) is 4.98 Å². The first kappa shape index (κ1) is 20.3. The quantitative estimate of drug-likeness (QED) is 0.770. The van der Waals surface area contributed by atoms with Crippen molar-refractivity contribution in [1.29, 1.82) is 0 Å². The predicted octanol–water partition coefficient (Wildman–Crippen LogP) is 3.59. The Morgan fingerprint density at radius 2 is 1.89 bits per heavy atom. The van der Waals surface area contributed by atoms with Crippen LogP contribution in [0.4, 0.5) is 0 Å². The van der Waals surface area contributed by atoms with Crippen molar-refractivity contribution in [3.8, 4) is 16.3 Å². The van der Waals surface area contributed by atoms with E-state index < -0.39 is 6.04 Å². The number of hydrogen-bond acceptors (Lipinski definition) is 5. The molecule has 0 aliphatic carbocycles. The maximum absolute atomic E-state index is 12.7. The summed E-state index contributed by atoms with van der Waals surface area (Å²) in [5.41, 5.74) is 1.27. The molecule has 1 aliphatic rings. The standard InChI is InChI=1S/C21H27N3O3S/c1-4-27-16-9-7-15(8-10-16)20-22-17(13-28-20)19(25)23-18(14(2)3)21(26)24-11-5-6-12-24/h7-10,13-14,18H,4-6,11-12H2,1-3H3,(H,23,25)/t18-/m0/s1. The molecule has 6 nitrogen and oxygen atoms in total. The Kier molecular flexibility index (Phi) is 6.67. The first-order valence-electron chi connectivity index (χ1n) is 9.78. The molecule has 0 bridgehead atoms. The van der Waals surface area contributed by atoms with Gasteiger partial charge in [-0.05, 0) is 49.9 Å². The molecule has 3 rings (SSSR count). The lowest BCUT2D eigenvalue weighted by molar-refractivity contribution is -0.133. The SMILES string of the molecule is CCOc1ccc(-c2nc(C(=O)N[C@H](C(=O)N3CCCC3)C(C)C)cs2)cc1. The third kappa shape index (κ3) is 4.70. The van der Waals surface area contributed by atoms with E-state index in [1.807, 2.05) is 49.9 Å². The fraction of sp³-hybridized carbons (Fsp3) is 0.476. The molecule has 1 aliphatic heterocycles. The van der Waals surface area contributed by atoms with Gasteiger partial charge in [0, 0.05) is 24.0 Å².